The number of nitrogens with one attached hydrogen (secondary N) is 1. The van der Waals surface area contributed by atoms with Gasteiger partial charge in [0.2, 0.25) is 10.0 Å². The van der Waals surface area contributed by atoms with Crippen LogP contribution in [0.1, 0.15) is 5.56 Å². The number of piperazine rings is 1. The Balaban J connectivity index is 1.83. The molecule has 0 radical (unpaired) electrons. The number of amides is 2. The maximum Gasteiger partial charge on any atom is 0.317 e. The molecule has 0 unspecified atom stereocenters. The van der Waals surface area contributed by atoms with E-state index in [0.717, 1.165) is 6.26 Å². The summed E-state index contributed by atoms with van der Waals surface area (Å²) in [6, 6.07) is 5.75. The normalized spacial score (nSPS) is 16.8. The van der Waals surface area contributed by atoms with Crippen molar-refractivity contribution in [2.45, 2.75) is 6.54 Å². The zero-order chi connectivity index (χ0) is 15.5. The standard InChI is InChI=1S/C13H18FN3O3S/c1-21(19,20)17-7-5-16(6-8-17)13(18)15-10-11-3-2-4-12(14)9-11/h2-4,9H,5-8,10H2,1H3,(H,15,18). The molecule has 116 valence electrons. The molecular weight excluding hydrogens is 297 g/mol. The lowest BCUT2D eigenvalue weighted by Gasteiger charge is -2.33. The summed E-state index contributed by atoms with van der Waals surface area (Å²) in [4.78, 5) is 13.5. The molecule has 0 saturated carbocycles. The Bertz CT molecular complexity index is 613. The van der Waals surface area contributed by atoms with E-state index in [9.17, 15) is 17.6 Å². The molecule has 0 spiro atoms. The lowest BCUT2D eigenvalue weighted by molar-refractivity contribution is 0.172. The van der Waals surface area contributed by atoms with Crippen LogP contribution in [0.2, 0.25) is 0 Å². The average molecular weight is 315 g/mol. The smallest absolute Gasteiger partial charge is 0.317 e. The first kappa shape index (κ1) is 15.7. The van der Waals surface area contributed by atoms with Crippen LogP contribution < -0.4 is 5.32 Å². The Morgan fingerprint density at radius 3 is 2.52 bits per heavy atom. The third-order valence-electron chi connectivity index (χ3n) is 3.33. The summed E-state index contributed by atoms with van der Waals surface area (Å²) in [6.07, 6.45) is 1.16. The largest absolute Gasteiger partial charge is 0.334 e. The van der Waals surface area contributed by atoms with Crippen LogP contribution in [-0.4, -0.2) is 56.1 Å². The second-order valence-electron chi connectivity index (χ2n) is 4.94. The molecule has 1 fully saturated rings. The number of halogens is 1. The van der Waals surface area contributed by atoms with E-state index in [4.69, 9.17) is 0 Å². The third kappa shape index (κ3) is 4.40. The van der Waals surface area contributed by atoms with E-state index in [0.29, 0.717) is 31.7 Å². The lowest BCUT2D eigenvalue weighted by atomic mass is 10.2. The van der Waals surface area contributed by atoms with Gasteiger partial charge >= 0.3 is 6.03 Å². The molecule has 1 heterocycles. The van der Waals surface area contributed by atoms with Crippen LogP contribution in [0, 0.1) is 5.82 Å². The summed E-state index contributed by atoms with van der Waals surface area (Å²) in [7, 11) is -3.20. The highest BCUT2D eigenvalue weighted by molar-refractivity contribution is 7.88. The van der Waals surface area contributed by atoms with E-state index >= 15 is 0 Å². The van der Waals surface area contributed by atoms with Gasteiger partial charge in [-0.1, -0.05) is 12.1 Å². The van der Waals surface area contributed by atoms with Gasteiger partial charge in [0.05, 0.1) is 6.26 Å². The highest BCUT2D eigenvalue weighted by Crippen LogP contribution is 2.07. The SMILES string of the molecule is CS(=O)(=O)N1CCN(C(=O)NCc2cccc(F)c2)CC1. The zero-order valence-electron chi connectivity index (χ0n) is 11.8. The first-order chi connectivity index (χ1) is 9.86. The number of rotatable bonds is 3. The van der Waals surface area contributed by atoms with Crippen molar-refractivity contribution in [2.75, 3.05) is 32.4 Å². The summed E-state index contributed by atoms with van der Waals surface area (Å²) in [5, 5.41) is 2.70. The van der Waals surface area contributed by atoms with Gasteiger partial charge in [0.25, 0.3) is 0 Å². The van der Waals surface area contributed by atoms with Crippen LogP contribution in [0.5, 0.6) is 0 Å². The summed E-state index contributed by atoms with van der Waals surface area (Å²) in [5.74, 6) is -0.344. The van der Waals surface area contributed by atoms with E-state index in [-0.39, 0.29) is 18.4 Å². The monoisotopic (exact) mass is 315 g/mol. The maximum absolute atomic E-state index is 13.0. The Kier molecular flexibility index (Phi) is 4.79. The minimum Gasteiger partial charge on any atom is -0.334 e. The fourth-order valence-electron chi connectivity index (χ4n) is 2.16. The molecule has 21 heavy (non-hydrogen) atoms. The summed E-state index contributed by atoms with van der Waals surface area (Å²) < 4.78 is 37.1. The fourth-order valence-corrected chi connectivity index (χ4v) is 2.99. The molecule has 0 aliphatic carbocycles. The Hall–Kier alpha value is -1.67. The molecule has 1 saturated heterocycles. The minimum absolute atomic E-state index is 0.239. The number of carbonyl (C=O) groups is 1. The minimum atomic E-state index is -3.20. The van der Waals surface area contributed by atoms with Crippen molar-refractivity contribution in [3.05, 3.63) is 35.6 Å². The van der Waals surface area contributed by atoms with Crippen LogP contribution >= 0.6 is 0 Å². The number of carbonyl (C=O) groups excluding carboxylic acids is 1. The maximum atomic E-state index is 13.0. The van der Waals surface area contributed by atoms with E-state index in [1.807, 2.05) is 0 Å². The molecular formula is C13H18FN3O3S. The topological polar surface area (TPSA) is 69.7 Å². The number of hydrogen-bond acceptors (Lipinski definition) is 3. The Morgan fingerprint density at radius 2 is 1.95 bits per heavy atom. The molecule has 1 aromatic carbocycles. The van der Waals surface area contributed by atoms with Gasteiger partial charge in [-0.15, -0.1) is 0 Å². The van der Waals surface area contributed by atoms with Crippen molar-refractivity contribution in [1.82, 2.24) is 14.5 Å². The molecule has 2 amide bonds. The molecule has 6 nitrogen and oxygen atoms in total. The van der Waals surface area contributed by atoms with Gasteiger partial charge in [-0.2, -0.15) is 4.31 Å². The third-order valence-corrected chi connectivity index (χ3v) is 4.63. The molecule has 0 atom stereocenters. The van der Waals surface area contributed by atoms with Crippen LogP contribution in [0.25, 0.3) is 0 Å². The van der Waals surface area contributed by atoms with Gasteiger partial charge in [-0.3, -0.25) is 0 Å². The first-order valence-electron chi connectivity index (χ1n) is 6.58. The number of sulfonamides is 1. The van der Waals surface area contributed by atoms with E-state index < -0.39 is 10.0 Å². The van der Waals surface area contributed by atoms with E-state index in [1.54, 1.807) is 17.0 Å². The zero-order valence-corrected chi connectivity index (χ0v) is 12.6. The van der Waals surface area contributed by atoms with Crippen LogP contribution in [0.3, 0.4) is 0 Å². The summed E-state index contributed by atoms with van der Waals surface area (Å²) >= 11 is 0. The fraction of sp³-hybridized carbons (Fsp3) is 0.462. The molecule has 0 bridgehead atoms. The van der Waals surface area contributed by atoms with Gasteiger partial charge in [0.1, 0.15) is 5.82 Å². The van der Waals surface area contributed by atoms with E-state index in [2.05, 4.69) is 5.32 Å². The first-order valence-corrected chi connectivity index (χ1v) is 8.43. The molecule has 8 heteroatoms. The quantitative estimate of drug-likeness (QED) is 0.888. The van der Waals surface area contributed by atoms with Crippen molar-refractivity contribution in [3.63, 3.8) is 0 Å². The van der Waals surface area contributed by atoms with Crippen LogP contribution in [0.15, 0.2) is 24.3 Å². The van der Waals surface area contributed by atoms with Gasteiger partial charge in [-0.25, -0.2) is 17.6 Å². The predicted molar refractivity (Wildman–Crippen MR) is 76.6 cm³/mol. The average Bonchev–Trinajstić information content (AvgIpc) is 2.44. The Labute approximate surface area is 123 Å². The second kappa shape index (κ2) is 6.40. The molecule has 2 rings (SSSR count). The van der Waals surface area contributed by atoms with Crippen LogP contribution in [0.4, 0.5) is 9.18 Å². The number of urea groups is 1. The summed E-state index contributed by atoms with van der Waals surface area (Å²) in [6.45, 7) is 1.53. The van der Waals surface area contributed by atoms with Crippen molar-refractivity contribution in [1.29, 1.82) is 0 Å². The van der Waals surface area contributed by atoms with Gasteiger partial charge in [0.15, 0.2) is 0 Å². The van der Waals surface area contributed by atoms with Crippen molar-refractivity contribution in [2.24, 2.45) is 0 Å². The van der Waals surface area contributed by atoms with E-state index in [1.165, 1.54) is 16.4 Å². The molecule has 0 aromatic heterocycles. The van der Waals surface area contributed by atoms with Crippen molar-refractivity contribution in [3.8, 4) is 0 Å². The molecule has 1 aliphatic rings. The van der Waals surface area contributed by atoms with Crippen LogP contribution in [-0.2, 0) is 16.6 Å². The predicted octanol–water partition coefficient (Wildman–Crippen LogP) is 0.613. The number of hydrogen-bond donors (Lipinski definition) is 1. The van der Waals surface area contributed by atoms with Gasteiger partial charge < -0.3 is 10.2 Å². The highest BCUT2D eigenvalue weighted by Gasteiger charge is 2.25. The second-order valence-corrected chi connectivity index (χ2v) is 6.92. The molecule has 1 aromatic rings. The van der Waals surface area contributed by atoms with Gasteiger partial charge in [-0.05, 0) is 17.7 Å². The highest BCUT2D eigenvalue weighted by atomic mass is 32.2. The van der Waals surface area contributed by atoms with Gasteiger partial charge in [0, 0.05) is 32.7 Å². The molecule has 1 aliphatic heterocycles. The lowest BCUT2D eigenvalue weighted by Crippen LogP contribution is -2.52. The number of benzene rings is 1. The Morgan fingerprint density at radius 1 is 1.29 bits per heavy atom. The molecule has 1 N–H and O–H groups in total. The van der Waals surface area contributed by atoms with Crippen molar-refractivity contribution >= 4 is 16.1 Å². The van der Waals surface area contributed by atoms with Crippen molar-refractivity contribution < 1.29 is 17.6 Å². The summed E-state index contributed by atoms with van der Waals surface area (Å²) in [5.41, 5.74) is 0.679. The number of nitrogens with zero attached hydrogens (tertiary/aromatic N) is 2.